The lowest BCUT2D eigenvalue weighted by Crippen LogP contribution is -2.25. The molecule has 0 heterocycles. The van der Waals surface area contributed by atoms with Crippen molar-refractivity contribution in [3.8, 4) is 0 Å². The Morgan fingerprint density at radius 2 is 2.22 bits per heavy atom. The van der Waals surface area contributed by atoms with Crippen molar-refractivity contribution >= 4 is 17.3 Å². The number of hydrogen-bond acceptors (Lipinski definition) is 5. The quantitative estimate of drug-likeness (QED) is 0.564. The molecule has 0 aliphatic heterocycles. The molecule has 2 N–H and O–H groups in total. The maximum Gasteiger partial charge on any atom is 0.306 e. The third-order valence-electron chi connectivity index (χ3n) is 2.36. The van der Waals surface area contributed by atoms with Crippen molar-refractivity contribution < 1.29 is 19.6 Å². The summed E-state index contributed by atoms with van der Waals surface area (Å²) >= 11 is 0. The van der Waals surface area contributed by atoms with Gasteiger partial charge in [-0.1, -0.05) is 12.1 Å². The van der Waals surface area contributed by atoms with E-state index in [0.717, 1.165) is 0 Å². The van der Waals surface area contributed by atoms with E-state index in [1.807, 2.05) is 0 Å². The second-order valence-corrected chi connectivity index (χ2v) is 3.61. The molecule has 0 spiro atoms. The van der Waals surface area contributed by atoms with Gasteiger partial charge in [0.2, 0.25) is 0 Å². The Bertz CT molecular complexity index is 435. The number of anilines is 1. The number of nitrogens with zero attached hydrogens (tertiary/aromatic N) is 1. The van der Waals surface area contributed by atoms with Gasteiger partial charge in [0.1, 0.15) is 5.69 Å². The fourth-order valence-electron chi connectivity index (χ4n) is 1.44. The summed E-state index contributed by atoms with van der Waals surface area (Å²) in [6.07, 6.45) is -0.702. The molecule has 7 heteroatoms. The van der Waals surface area contributed by atoms with Crippen LogP contribution >= 0.6 is 0 Å². The van der Waals surface area contributed by atoms with Gasteiger partial charge in [-0.05, 0) is 6.07 Å². The largest absolute Gasteiger partial charge is 0.481 e. The van der Waals surface area contributed by atoms with E-state index in [-0.39, 0.29) is 18.7 Å². The van der Waals surface area contributed by atoms with Crippen molar-refractivity contribution in [2.75, 3.05) is 19.0 Å². The van der Waals surface area contributed by atoms with E-state index in [1.54, 1.807) is 18.2 Å². The first kappa shape index (κ1) is 13.9. The Morgan fingerprint density at radius 3 is 2.78 bits per heavy atom. The number of hydrogen-bond donors (Lipinski definition) is 2. The number of para-hydroxylation sites is 2. The molecule has 0 radical (unpaired) electrons. The van der Waals surface area contributed by atoms with Crippen LogP contribution in [0.1, 0.15) is 6.42 Å². The number of benzene rings is 1. The molecule has 1 atom stereocenters. The molecule has 7 nitrogen and oxygen atoms in total. The lowest BCUT2D eigenvalue weighted by molar-refractivity contribution is -0.384. The summed E-state index contributed by atoms with van der Waals surface area (Å²) in [5, 5.41) is 22.2. The molecule has 98 valence electrons. The fraction of sp³-hybridized carbons (Fsp3) is 0.364. The van der Waals surface area contributed by atoms with Crippen molar-refractivity contribution in [1.82, 2.24) is 0 Å². The monoisotopic (exact) mass is 254 g/mol. The zero-order valence-corrected chi connectivity index (χ0v) is 9.83. The average Bonchev–Trinajstić information content (AvgIpc) is 2.34. The fourth-order valence-corrected chi connectivity index (χ4v) is 1.44. The van der Waals surface area contributed by atoms with Crippen LogP contribution in [0, 0.1) is 10.1 Å². The Hall–Kier alpha value is -2.15. The van der Waals surface area contributed by atoms with Crippen LogP contribution in [-0.2, 0) is 9.53 Å². The highest BCUT2D eigenvalue weighted by atomic mass is 16.6. The third kappa shape index (κ3) is 4.02. The van der Waals surface area contributed by atoms with E-state index in [2.05, 4.69) is 5.32 Å². The number of nitro groups is 1. The van der Waals surface area contributed by atoms with Crippen LogP contribution in [-0.4, -0.2) is 35.8 Å². The first-order valence-corrected chi connectivity index (χ1v) is 5.26. The molecule has 0 aromatic heterocycles. The van der Waals surface area contributed by atoms with Gasteiger partial charge >= 0.3 is 5.97 Å². The number of ether oxygens (including phenoxy) is 1. The number of carboxylic acid groups (broad SMARTS) is 1. The molecule has 0 fully saturated rings. The minimum atomic E-state index is -0.980. The zero-order chi connectivity index (χ0) is 13.5. The number of methoxy groups -OCH3 is 1. The zero-order valence-electron chi connectivity index (χ0n) is 9.83. The summed E-state index contributed by atoms with van der Waals surface area (Å²) in [5.74, 6) is -0.980. The van der Waals surface area contributed by atoms with Gasteiger partial charge in [0.25, 0.3) is 5.69 Å². The molecule has 1 aromatic rings. The van der Waals surface area contributed by atoms with Crippen molar-refractivity contribution in [1.29, 1.82) is 0 Å². The molecular formula is C11H14N2O5. The second-order valence-electron chi connectivity index (χ2n) is 3.61. The smallest absolute Gasteiger partial charge is 0.306 e. The first-order chi connectivity index (χ1) is 8.54. The number of carbonyl (C=O) groups is 1. The SMILES string of the molecule is COC(CNc1ccccc1[N+](=O)[O-])CC(=O)O. The van der Waals surface area contributed by atoms with E-state index < -0.39 is 17.0 Å². The maximum atomic E-state index is 10.8. The number of carboxylic acids is 1. The van der Waals surface area contributed by atoms with E-state index in [0.29, 0.717) is 5.69 Å². The number of aliphatic carboxylic acids is 1. The maximum absolute atomic E-state index is 10.8. The normalized spacial score (nSPS) is 11.8. The predicted molar refractivity (Wildman–Crippen MR) is 64.6 cm³/mol. The van der Waals surface area contributed by atoms with Crippen LogP contribution in [0.25, 0.3) is 0 Å². The number of nitro benzene ring substituents is 1. The molecule has 0 saturated carbocycles. The van der Waals surface area contributed by atoms with Crippen molar-refractivity contribution in [3.63, 3.8) is 0 Å². The van der Waals surface area contributed by atoms with Gasteiger partial charge < -0.3 is 15.2 Å². The van der Waals surface area contributed by atoms with Crippen LogP contribution in [0.4, 0.5) is 11.4 Å². The lowest BCUT2D eigenvalue weighted by atomic mass is 10.2. The van der Waals surface area contributed by atoms with E-state index in [9.17, 15) is 14.9 Å². The summed E-state index contributed by atoms with van der Waals surface area (Å²) in [7, 11) is 1.40. The Morgan fingerprint density at radius 1 is 1.56 bits per heavy atom. The molecule has 1 aromatic carbocycles. The highest BCUT2D eigenvalue weighted by Gasteiger charge is 2.16. The Balaban J connectivity index is 2.67. The number of rotatable bonds is 7. The van der Waals surface area contributed by atoms with Crippen LogP contribution in [0.15, 0.2) is 24.3 Å². The minimum absolute atomic E-state index is 0.0531. The first-order valence-electron chi connectivity index (χ1n) is 5.26. The van der Waals surface area contributed by atoms with Gasteiger partial charge in [0.15, 0.2) is 0 Å². The van der Waals surface area contributed by atoms with Gasteiger partial charge in [0, 0.05) is 19.7 Å². The Labute approximate surface area is 104 Å². The topological polar surface area (TPSA) is 102 Å². The Kier molecular flexibility index (Phi) is 5.06. The van der Waals surface area contributed by atoms with Crippen molar-refractivity contribution in [3.05, 3.63) is 34.4 Å². The molecule has 0 bridgehead atoms. The standard InChI is InChI=1S/C11H14N2O5/c1-18-8(6-11(14)15)7-12-9-4-2-3-5-10(9)13(16)17/h2-5,8,12H,6-7H2,1H3,(H,14,15). The molecule has 0 amide bonds. The van der Waals surface area contributed by atoms with Crippen LogP contribution < -0.4 is 5.32 Å². The molecule has 0 aliphatic rings. The second kappa shape index (κ2) is 6.55. The average molecular weight is 254 g/mol. The van der Waals surface area contributed by atoms with Crippen LogP contribution in [0.2, 0.25) is 0 Å². The molecular weight excluding hydrogens is 240 g/mol. The van der Waals surface area contributed by atoms with Gasteiger partial charge in [-0.15, -0.1) is 0 Å². The van der Waals surface area contributed by atoms with Gasteiger partial charge in [-0.3, -0.25) is 14.9 Å². The number of nitrogens with one attached hydrogen (secondary N) is 1. The summed E-state index contributed by atoms with van der Waals surface area (Å²) in [5.41, 5.74) is 0.289. The third-order valence-corrected chi connectivity index (χ3v) is 2.36. The van der Waals surface area contributed by atoms with E-state index in [1.165, 1.54) is 13.2 Å². The minimum Gasteiger partial charge on any atom is -0.481 e. The highest BCUT2D eigenvalue weighted by molar-refractivity contribution is 5.67. The molecule has 0 aliphatic carbocycles. The molecule has 1 rings (SSSR count). The molecule has 18 heavy (non-hydrogen) atoms. The summed E-state index contributed by atoms with van der Waals surface area (Å²) in [6, 6.07) is 6.16. The van der Waals surface area contributed by atoms with E-state index >= 15 is 0 Å². The molecule has 1 unspecified atom stereocenters. The summed E-state index contributed by atoms with van der Waals surface area (Å²) in [4.78, 5) is 20.8. The summed E-state index contributed by atoms with van der Waals surface area (Å²) < 4.78 is 4.97. The van der Waals surface area contributed by atoms with Crippen molar-refractivity contribution in [2.24, 2.45) is 0 Å². The van der Waals surface area contributed by atoms with Crippen LogP contribution in [0.3, 0.4) is 0 Å². The molecule has 0 saturated heterocycles. The van der Waals surface area contributed by atoms with Gasteiger partial charge in [-0.2, -0.15) is 0 Å². The van der Waals surface area contributed by atoms with Gasteiger partial charge in [-0.25, -0.2) is 0 Å². The summed E-state index contributed by atoms with van der Waals surface area (Å²) in [6.45, 7) is 0.188. The van der Waals surface area contributed by atoms with E-state index in [4.69, 9.17) is 9.84 Å². The van der Waals surface area contributed by atoms with Crippen molar-refractivity contribution in [2.45, 2.75) is 12.5 Å². The lowest BCUT2D eigenvalue weighted by Gasteiger charge is -2.14. The van der Waals surface area contributed by atoms with Crippen LogP contribution in [0.5, 0.6) is 0 Å². The van der Waals surface area contributed by atoms with Gasteiger partial charge in [0.05, 0.1) is 17.4 Å². The predicted octanol–water partition coefficient (Wildman–Crippen LogP) is 1.50. The highest BCUT2D eigenvalue weighted by Crippen LogP contribution is 2.23.